The average Bonchev–Trinajstić information content (AvgIpc) is 3.12. The minimum absolute atomic E-state index is 0.143. The Kier molecular flexibility index (Phi) is 5.71. The number of benzene rings is 2. The third-order valence-electron chi connectivity index (χ3n) is 6.16. The first-order valence-corrected chi connectivity index (χ1v) is 11.3. The van der Waals surface area contributed by atoms with Crippen molar-refractivity contribution in [2.24, 2.45) is 0 Å². The Morgan fingerprint density at radius 3 is 2.44 bits per heavy atom. The molecular formula is C26H26N6O2. The molecule has 1 atom stereocenters. The molecule has 0 spiro atoms. The molecule has 2 N–H and O–H groups in total. The first kappa shape index (κ1) is 21.6. The molecule has 0 aliphatic carbocycles. The topological polar surface area (TPSA) is 94.0 Å². The Bertz CT molecular complexity index is 1330. The quantitative estimate of drug-likeness (QED) is 0.455. The van der Waals surface area contributed by atoms with Crippen molar-refractivity contribution in [2.75, 3.05) is 10.6 Å². The van der Waals surface area contributed by atoms with Crippen LogP contribution in [0, 0.1) is 20.8 Å². The van der Waals surface area contributed by atoms with Crippen LogP contribution < -0.4 is 15.4 Å². The van der Waals surface area contributed by atoms with E-state index in [1.807, 2.05) is 81.4 Å². The van der Waals surface area contributed by atoms with Crippen molar-refractivity contribution >= 4 is 23.1 Å². The maximum atomic E-state index is 12.7. The number of nitrogens with zero attached hydrogens (tertiary/aromatic N) is 4. The third-order valence-corrected chi connectivity index (χ3v) is 6.16. The van der Waals surface area contributed by atoms with Crippen LogP contribution >= 0.6 is 0 Å². The van der Waals surface area contributed by atoms with E-state index in [1.165, 1.54) is 0 Å². The standard InChI is InChI=1S/C26H26N6O2/c1-16-17(2)31-32(18(16)3)25-15-14-24(29-30-25)27-20-9-11-21(12-10-20)28-26(33)23-13-8-19-6-4-5-7-22(19)34-23/h4-7,9-12,14-15,23H,8,13H2,1-3H3,(H,27,29)(H,28,33). The summed E-state index contributed by atoms with van der Waals surface area (Å²) in [6.45, 7) is 6.04. The molecule has 2 aromatic carbocycles. The fourth-order valence-electron chi connectivity index (χ4n) is 3.96. The molecule has 172 valence electrons. The van der Waals surface area contributed by atoms with Gasteiger partial charge in [-0.05, 0) is 87.2 Å². The zero-order valence-electron chi connectivity index (χ0n) is 19.4. The highest BCUT2D eigenvalue weighted by molar-refractivity contribution is 5.94. The van der Waals surface area contributed by atoms with E-state index < -0.39 is 6.10 Å². The number of rotatable bonds is 5. The van der Waals surface area contributed by atoms with E-state index in [0.29, 0.717) is 23.7 Å². The molecule has 2 aromatic heterocycles. The molecule has 0 fully saturated rings. The molecule has 0 saturated carbocycles. The second kappa shape index (κ2) is 8.97. The van der Waals surface area contributed by atoms with Crippen LogP contribution in [0.15, 0.2) is 60.7 Å². The van der Waals surface area contributed by atoms with Gasteiger partial charge >= 0.3 is 0 Å². The van der Waals surface area contributed by atoms with Crippen LogP contribution in [0.4, 0.5) is 17.2 Å². The smallest absolute Gasteiger partial charge is 0.265 e. The second-order valence-electron chi connectivity index (χ2n) is 8.43. The number of hydrogen-bond donors (Lipinski definition) is 2. The summed E-state index contributed by atoms with van der Waals surface area (Å²) in [6.07, 6.45) is 0.997. The van der Waals surface area contributed by atoms with E-state index >= 15 is 0 Å². The molecule has 1 aliphatic heterocycles. The molecule has 1 aliphatic rings. The number of ether oxygens (including phenoxy) is 1. The molecule has 1 unspecified atom stereocenters. The van der Waals surface area contributed by atoms with Gasteiger partial charge in [0, 0.05) is 17.1 Å². The highest BCUT2D eigenvalue weighted by Gasteiger charge is 2.25. The molecule has 3 heterocycles. The van der Waals surface area contributed by atoms with Gasteiger partial charge in [0.15, 0.2) is 17.7 Å². The summed E-state index contributed by atoms with van der Waals surface area (Å²) in [7, 11) is 0. The minimum Gasteiger partial charge on any atom is -0.480 e. The monoisotopic (exact) mass is 454 g/mol. The molecular weight excluding hydrogens is 428 g/mol. The SMILES string of the molecule is Cc1nn(-c2ccc(Nc3ccc(NC(=O)C4CCc5ccccc5O4)cc3)nn2)c(C)c1C. The number of carbonyl (C=O) groups excluding carboxylic acids is 1. The summed E-state index contributed by atoms with van der Waals surface area (Å²) in [5, 5.41) is 19.3. The van der Waals surface area contributed by atoms with Gasteiger partial charge in [0.1, 0.15) is 5.75 Å². The summed E-state index contributed by atoms with van der Waals surface area (Å²) < 4.78 is 7.68. The van der Waals surface area contributed by atoms with E-state index in [0.717, 1.165) is 40.4 Å². The fourth-order valence-corrected chi connectivity index (χ4v) is 3.96. The van der Waals surface area contributed by atoms with Crippen LogP contribution in [0.1, 0.15) is 28.9 Å². The maximum absolute atomic E-state index is 12.7. The number of hydrogen-bond acceptors (Lipinski definition) is 6. The van der Waals surface area contributed by atoms with Crippen LogP contribution in [0.25, 0.3) is 5.82 Å². The average molecular weight is 455 g/mol. The van der Waals surface area contributed by atoms with E-state index in [4.69, 9.17) is 4.74 Å². The number of aryl methyl sites for hydroxylation is 2. The number of anilines is 3. The van der Waals surface area contributed by atoms with Gasteiger partial charge < -0.3 is 15.4 Å². The lowest BCUT2D eigenvalue weighted by Gasteiger charge is -2.25. The summed E-state index contributed by atoms with van der Waals surface area (Å²) in [5.74, 6) is 1.93. The second-order valence-corrected chi connectivity index (χ2v) is 8.43. The normalized spacial score (nSPS) is 14.7. The Morgan fingerprint density at radius 1 is 0.971 bits per heavy atom. The van der Waals surface area contributed by atoms with Gasteiger partial charge in [0.2, 0.25) is 0 Å². The van der Waals surface area contributed by atoms with Gasteiger partial charge in [0.05, 0.1) is 5.69 Å². The number of fused-ring (bicyclic) bond motifs is 1. The van der Waals surface area contributed by atoms with Crippen LogP contribution in [0.5, 0.6) is 5.75 Å². The van der Waals surface area contributed by atoms with Gasteiger partial charge in [0.25, 0.3) is 5.91 Å². The van der Waals surface area contributed by atoms with Crippen LogP contribution in [-0.4, -0.2) is 32.0 Å². The molecule has 0 bridgehead atoms. The number of aromatic nitrogens is 4. The van der Waals surface area contributed by atoms with Crippen molar-refractivity contribution in [3.63, 3.8) is 0 Å². The summed E-state index contributed by atoms with van der Waals surface area (Å²) >= 11 is 0. The van der Waals surface area contributed by atoms with E-state index in [2.05, 4.69) is 25.9 Å². The summed E-state index contributed by atoms with van der Waals surface area (Å²) in [6, 6.07) is 19.0. The number of amides is 1. The molecule has 0 saturated heterocycles. The first-order chi connectivity index (χ1) is 16.5. The van der Waals surface area contributed by atoms with Crippen LogP contribution in [0.3, 0.4) is 0 Å². The molecule has 34 heavy (non-hydrogen) atoms. The van der Waals surface area contributed by atoms with E-state index in [-0.39, 0.29) is 5.91 Å². The highest BCUT2D eigenvalue weighted by atomic mass is 16.5. The molecule has 8 nitrogen and oxygen atoms in total. The summed E-state index contributed by atoms with van der Waals surface area (Å²) in [5.41, 5.74) is 5.87. The Labute approximate surface area is 198 Å². The zero-order chi connectivity index (χ0) is 23.7. The Hall–Kier alpha value is -4.20. The lowest BCUT2D eigenvalue weighted by atomic mass is 10.0. The molecule has 4 aromatic rings. The van der Waals surface area contributed by atoms with Crippen LogP contribution in [-0.2, 0) is 11.2 Å². The largest absolute Gasteiger partial charge is 0.480 e. The van der Waals surface area contributed by atoms with E-state index in [9.17, 15) is 4.79 Å². The Morgan fingerprint density at radius 2 is 1.74 bits per heavy atom. The van der Waals surface area contributed by atoms with Crippen molar-refractivity contribution in [1.29, 1.82) is 0 Å². The summed E-state index contributed by atoms with van der Waals surface area (Å²) in [4.78, 5) is 12.7. The van der Waals surface area contributed by atoms with Crippen molar-refractivity contribution in [3.8, 4) is 11.6 Å². The van der Waals surface area contributed by atoms with Gasteiger partial charge in [-0.3, -0.25) is 4.79 Å². The third kappa shape index (κ3) is 4.34. The van der Waals surface area contributed by atoms with Gasteiger partial charge in [-0.15, -0.1) is 10.2 Å². The van der Waals surface area contributed by atoms with Crippen molar-refractivity contribution < 1.29 is 9.53 Å². The van der Waals surface area contributed by atoms with E-state index in [1.54, 1.807) is 4.68 Å². The molecule has 0 radical (unpaired) electrons. The number of nitrogens with one attached hydrogen (secondary N) is 2. The highest BCUT2D eigenvalue weighted by Crippen LogP contribution is 2.28. The molecule has 8 heteroatoms. The van der Waals surface area contributed by atoms with Crippen molar-refractivity contribution in [2.45, 2.75) is 39.7 Å². The molecule has 5 rings (SSSR count). The predicted molar refractivity (Wildman–Crippen MR) is 131 cm³/mol. The van der Waals surface area contributed by atoms with Gasteiger partial charge in [-0.25, -0.2) is 4.68 Å². The molecule has 1 amide bonds. The fraction of sp³-hybridized carbons (Fsp3) is 0.231. The zero-order valence-corrected chi connectivity index (χ0v) is 19.4. The van der Waals surface area contributed by atoms with Gasteiger partial charge in [-0.2, -0.15) is 5.10 Å². The maximum Gasteiger partial charge on any atom is 0.265 e. The van der Waals surface area contributed by atoms with Crippen molar-refractivity contribution in [1.82, 2.24) is 20.0 Å². The predicted octanol–water partition coefficient (Wildman–Crippen LogP) is 4.66. The van der Waals surface area contributed by atoms with Gasteiger partial charge in [-0.1, -0.05) is 18.2 Å². The Balaban J connectivity index is 1.20. The lowest BCUT2D eigenvalue weighted by molar-refractivity contribution is -0.123. The lowest BCUT2D eigenvalue weighted by Crippen LogP contribution is -2.35. The first-order valence-electron chi connectivity index (χ1n) is 11.3. The van der Waals surface area contributed by atoms with Crippen LogP contribution in [0.2, 0.25) is 0 Å². The number of para-hydroxylation sites is 1. The van der Waals surface area contributed by atoms with Crippen molar-refractivity contribution in [3.05, 3.63) is 83.2 Å². The minimum atomic E-state index is -0.493. The number of carbonyl (C=O) groups is 1.